The van der Waals surface area contributed by atoms with E-state index >= 15 is 0 Å². The molecule has 3 nitrogen and oxygen atoms in total. The van der Waals surface area contributed by atoms with Crippen molar-refractivity contribution in [1.82, 2.24) is 5.43 Å². The molecule has 0 saturated heterocycles. The lowest BCUT2D eigenvalue weighted by Crippen LogP contribution is -2.33. The second-order valence-corrected chi connectivity index (χ2v) is 3.63. The molecule has 3 heteroatoms. The third-order valence-corrected chi connectivity index (χ3v) is 2.56. The molecule has 82 valence electrons. The van der Waals surface area contributed by atoms with Gasteiger partial charge in [-0.15, -0.1) is 0 Å². The number of nitrogens with one attached hydrogen (secondary N) is 1. The van der Waals surface area contributed by atoms with E-state index in [9.17, 15) is 0 Å². The maximum Gasteiger partial charge on any atom is 0.0935 e. The molecule has 0 aliphatic carbocycles. The van der Waals surface area contributed by atoms with Crippen LogP contribution in [-0.2, 0) is 0 Å². The molecule has 0 amide bonds. The van der Waals surface area contributed by atoms with Gasteiger partial charge in [-0.25, -0.2) is 5.43 Å². The topological polar surface area (TPSA) is 64.1 Å². The first-order valence-electron chi connectivity index (χ1n) is 5.18. The Morgan fingerprint density at radius 2 is 1.38 bits per heavy atom. The second kappa shape index (κ2) is 4.90. The number of hydrogen-bond acceptors (Lipinski definition) is 3. The Morgan fingerprint density at radius 3 is 1.94 bits per heavy atom. The minimum absolute atomic E-state index is 0.315. The van der Waals surface area contributed by atoms with Crippen molar-refractivity contribution in [2.45, 2.75) is 6.17 Å². The van der Waals surface area contributed by atoms with Crippen molar-refractivity contribution in [3.05, 3.63) is 60.2 Å². The summed E-state index contributed by atoms with van der Waals surface area (Å²) in [5.41, 5.74) is 11.6. The van der Waals surface area contributed by atoms with Crippen molar-refractivity contribution in [3.63, 3.8) is 0 Å². The van der Waals surface area contributed by atoms with Crippen LogP contribution in [0.25, 0.3) is 11.1 Å². The van der Waals surface area contributed by atoms with Gasteiger partial charge in [-0.1, -0.05) is 54.6 Å². The van der Waals surface area contributed by atoms with Gasteiger partial charge in [-0.2, -0.15) is 0 Å². The van der Waals surface area contributed by atoms with E-state index in [0.29, 0.717) is 0 Å². The van der Waals surface area contributed by atoms with Gasteiger partial charge in [0.05, 0.1) is 6.17 Å². The Bertz CT molecular complexity index is 436. The highest BCUT2D eigenvalue weighted by atomic mass is 15.3. The molecule has 2 aromatic rings. The smallest absolute Gasteiger partial charge is 0.0935 e. The Labute approximate surface area is 95.1 Å². The minimum atomic E-state index is -0.315. The fourth-order valence-corrected chi connectivity index (χ4v) is 1.61. The number of hydrogen-bond donors (Lipinski definition) is 3. The molecule has 5 N–H and O–H groups in total. The molecular formula is C13H15N3. The SMILES string of the molecule is NNC(N)c1ccc(-c2ccccc2)cc1. The standard InChI is InChI=1S/C13H15N3/c14-13(16-15)12-8-6-11(7-9-12)10-4-2-1-3-5-10/h1-9,13,16H,14-15H2. The summed E-state index contributed by atoms with van der Waals surface area (Å²) in [5, 5.41) is 0. The van der Waals surface area contributed by atoms with Crippen LogP contribution in [0.3, 0.4) is 0 Å². The van der Waals surface area contributed by atoms with Crippen LogP contribution in [0, 0.1) is 0 Å². The van der Waals surface area contributed by atoms with E-state index in [1.54, 1.807) is 0 Å². The van der Waals surface area contributed by atoms with Gasteiger partial charge in [0.25, 0.3) is 0 Å². The summed E-state index contributed by atoms with van der Waals surface area (Å²) in [6.07, 6.45) is -0.315. The number of rotatable bonds is 3. The summed E-state index contributed by atoms with van der Waals surface area (Å²) in [6.45, 7) is 0. The van der Waals surface area contributed by atoms with Crippen molar-refractivity contribution in [1.29, 1.82) is 0 Å². The minimum Gasteiger partial charge on any atom is -0.311 e. The van der Waals surface area contributed by atoms with Crippen LogP contribution in [-0.4, -0.2) is 0 Å². The summed E-state index contributed by atoms with van der Waals surface area (Å²) in [5.74, 6) is 5.28. The van der Waals surface area contributed by atoms with Crippen molar-refractivity contribution in [3.8, 4) is 11.1 Å². The lowest BCUT2D eigenvalue weighted by atomic mass is 10.0. The predicted molar refractivity (Wildman–Crippen MR) is 66.1 cm³/mol. The van der Waals surface area contributed by atoms with Gasteiger partial charge in [0.2, 0.25) is 0 Å². The van der Waals surface area contributed by atoms with E-state index in [1.165, 1.54) is 11.1 Å². The highest BCUT2D eigenvalue weighted by molar-refractivity contribution is 5.63. The van der Waals surface area contributed by atoms with E-state index in [1.807, 2.05) is 42.5 Å². The summed E-state index contributed by atoms with van der Waals surface area (Å²) >= 11 is 0. The van der Waals surface area contributed by atoms with Crippen molar-refractivity contribution >= 4 is 0 Å². The van der Waals surface area contributed by atoms with Gasteiger partial charge in [-0.05, 0) is 16.7 Å². The van der Waals surface area contributed by atoms with Crippen molar-refractivity contribution in [2.75, 3.05) is 0 Å². The highest BCUT2D eigenvalue weighted by Gasteiger charge is 2.02. The summed E-state index contributed by atoms with van der Waals surface area (Å²) < 4.78 is 0. The molecule has 0 fully saturated rings. The molecule has 0 spiro atoms. The van der Waals surface area contributed by atoms with Crippen LogP contribution >= 0.6 is 0 Å². The molecule has 0 aliphatic heterocycles. The third kappa shape index (κ3) is 2.28. The average Bonchev–Trinajstić information content (AvgIpc) is 2.39. The molecule has 2 rings (SSSR count). The van der Waals surface area contributed by atoms with E-state index in [2.05, 4.69) is 17.6 Å². The first kappa shape index (κ1) is 10.8. The van der Waals surface area contributed by atoms with E-state index < -0.39 is 0 Å². The van der Waals surface area contributed by atoms with Crippen LogP contribution in [0.15, 0.2) is 54.6 Å². The molecule has 0 saturated carbocycles. The zero-order chi connectivity index (χ0) is 11.4. The highest BCUT2D eigenvalue weighted by Crippen LogP contribution is 2.20. The molecule has 0 bridgehead atoms. The summed E-state index contributed by atoms with van der Waals surface area (Å²) in [4.78, 5) is 0. The Kier molecular flexibility index (Phi) is 3.31. The maximum absolute atomic E-state index is 5.75. The summed E-state index contributed by atoms with van der Waals surface area (Å²) in [6, 6.07) is 18.3. The van der Waals surface area contributed by atoms with Crippen LogP contribution in [0.4, 0.5) is 0 Å². The Morgan fingerprint density at radius 1 is 0.812 bits per heavy atom. The Hall–Kier alpha value is -1.68. The van der Waals surface area contributed by atoms with Gasteiger partial charge in [-0.3, -0.25) is 5.84 Å². The normalized spacial score (nSPS) is 12.4. The molecule has 1 atom stereocenters. The fourth-order valence-electron chi connectivity index (χ4n) is 1.61. The maximum atomic E-state index is 5.75. The second-order valence-electron chi connectivity index (χ2n) is 3.63. The van der Waals surface area contributed by atoms with Gasteiger partial charge in [0.1, 0.15) is 0 Å². The summed E-state index contributed by atoms with van der Waals surface area (Å²) in [7, 11) is 0. The third-order valence-electron chi connectivity index (χ3n) is 2.56. The van der Waals surface area contributed by atoms with Crippen LogP contribution in [0.2, 0.25) is 0 Å². The molecule has 0 aromatic heterocycles. The zero-order valence-electron chi connectivity index (χ0n) is 8.93. The molecular weight excluding hydrogens is 198 g/mol. The quantitative estimate of drug-likeness (QED) is 0.413. The number of hydrazine groups is 1. The fraction of sp³-hybridized carbons (Fsp3) is 0.0769. The molecule has 2 aromatic carbocycles. The van der Waals surface area contributed by atoms with Gasteiger partial charge in [0.15, 0.2) is 0 Å². The van der Waals surface area contributed by atoms with Crippen molar-refractivity contribution < 1.29 is 0 Å². The van der Waals surface area contributed by atoms with E-state index in [4.69, 9.17) is 11.6 Å². The lowest BCUT2D eigenvalue weighted by Gasteiger charge is -2.10. The zero-order valence-corrected chi connectivity index (χ0v) is 8.93. The first-order valence-corrected chi connectivity index (χ1v) is 5.18. The molecule has 16 heavy (non-hydrogen) atoms. The van der Waals surface area contributed by atoms with Crippen LogP contribution in [0.1, 0.15) is 11.7 Å². The molecule has 0 heterocycles. The van der Waals surface area contributed by atoms with Gasteiger partial charge < -0.3 is 5.73 Å². The van der Waals surface area contributed by atoms with Gasteiger partial charge in [0, 0.05) is 0 Å². The average molecular weight is 213 g/mol. The molecule has 0 radical (unpaired) electrons. The van der Waals surface area contributed by atoms with Crippen molar-refractivity contribution in [2.24, 2.45) is 11.6 Å². The largest absolute Gasteiger partial charge is 0.311 e. The molecule has 0 aliphatic rings. The number of benzene rings is 2. The monoisotopic (exact) mass is 213 g/mol. The van der Waals surface area contributed by atoms with Crippen LogP contribution < -0.4 is 17.0 Å². The van der Waals surface area contributed by atoms with E-state index in [-0.39, 0.29) is 6.17 Å². The predicted octanol–water partition coefficient (Wildman–Crippen LogP) is 1.77. The van der Waals surface area contributed by atoms with Crippen LogP contribution in [0.5, 0.6) is 0 Å². The Balaban J connectivity index is 2.26. The lowest BCUT2D eigenvalue weighted by molar-refractivity contribution is 0.577. The number of nitrogens with two attached hydrogens (primary N) is 2. The van der Waals surface area contributed by atoms with Gasteiger partial charge >= 0.3 is 0 Å². The first-order chi connectivity index (χ1) is 7.81. The van der Waals surface area contributed by atoms with E-state index in [0.717, 1.165) is 5.56 Å². The molecule has 1 unspecified atom stereocenters.